The van der Waals surface area contributed by atoms with Crippen LogP contribution in [0.3, 0.4) is 0 Å². The third-order valence-electron chi connectivity index (χ3n) is 4.95. The second kappa shape index (κ2) is 7.00. The van der Waals surface area contributed by atoms with Crippen molar-refractivity contribution < 1.29 is 9.59 Å². The molecule has 1 saturated heterocycles. The molecule has 0 aromatic heterocycles. The average Bonchev–Trinajstić information content (AvgIpc) is 3.02. The van der Waals surface area contributed by atoms with Crippen LogP contribution in [0.15, 0.2) is 48.5 Å². The first-order valence-electron chi connectivity index (χ1n) is 8.84. The predicted octanol–water partition coefficient (Wildman–Crippen LogP) is 3.61. The number of benzene rings is 2. The Labute approximate surface area is 157 Å². The van der Waals surface area contributed by atoms with Crippen LogP contribution < -0.4 is 15.1 Å². The molecule has 2 aliphatic rings. The lowest BCUT2D eigenvalue weighted by molar-refractivity contribution is -0.117. The van der Waals surface area contributed by atoms with E-state index in [2.05, 4.69) is 11.4 Å². The van der Waals surface area contributed by atoms with Crippen molar-refractivity contribution in [3.8, 4) is 0 Å². The number of anilines is 2. The van der Waals surface area contributed by atoms with Crippen molar-refractivity contribution >= 4 is 34.9 Å². The fourth-order valence-electron chi connectivity index (χ4n) is 3.67. The largest absolute Gasteiger partial charge is 0.333 e. The monoisotopic (exact) mass is 369 g/mol. The van der Waals surface area contributed by atoms with Crippen molar-refractivity contribution in [2.24, 2.45) is 0 Å². The van der Waals surface area contributed by atoms with Gasteiger partial charge in [-0.05, 0) is 48.7 Å². The number of amides is 3. The van der Waals surface area contributed by atoms with Crippen LogP contribution in [0, 0.1) is 0 Å². The SMILES string of the molecule is O=C1CC(NC(=O)N2CCCc3ccccc32)CN1c1ccc(Cl)cc1. The van der Waals surface area contributed by atoms with Gasteiger partial charge in [0.1, 0.15) is 0 Å². The van der Waals surface area contributed by atoms with Gasteiger partial charge >= 0.3 is 6.03 Å². The number of nitrogens with one attached hydrogen (secondary N) is 1. The number of aryl methyl sites for hydroxylation is 1. The lowest BCUT2D eigenvalue weighted by Gasteiger charge is -2.30. The highest BCUT2D eigenvalue weighted by Crippen LogP contribution is 2.27. The lowest BCUT2D eigenvalue weighted by atomic mass is 10.0. The molecule has 1 fully saturated rings. The molecule has 2 aromatic rings. The Morgan fingerprint density at radius 3 is 2.69 bits per heavy atom. The van der Waals surface area contributed by atoms with Gasteiger partial charge in [0.25, 0.3) is 0 Å². The Bertz CT molecular complexity index is 837. The smallest absolute Gasteiger partial charge is 0.322 e. The Hall–Kier alpha value is -2.53. The second-order valence-electron chi connectivity index (χ2n) is 6.72. The fraction of sp³-hybridized carbons (Fsp3) is 0.300. The van der Waals surface area contributed by atoms with E-state index in [-0.39, 0.29) is 18.0 Å². The van der Waals surface area contributed by atoms with E-state index in [1.54, 1.807) is 21.9 Å². The molecule has 26 heavy (non-hydrogen) atoms. The van der Waals surface area contributed by atoms with Gasteiger partial charge in [-0.1, -0.05) is 29.8 Å². The number of halogens is 1. The zero-order valence-corrected chi connectivity index (χ0v) is 15.1. The van der Waals surface area contributed by atoms with Gasteiger partial charge in [-0.15, -0.1) is 0 Å². The van der Waals surface area contributed by atoms with Gasteiger partial charge in [-0.2, -0.15) is 0 Å². The normalized spacial score (nSPS) is 19.4. The highest BCUT2D eigenvalue weighted by molar-refractivity contribution is 6.30. The molecule has 2 aromatic carbocycles. The summed E-state index contributed by atoms with van der Waals surface area (Å²) >= 11 is 5.91. The van der Waals surface area contributed by atoms with Crippen LogP contribution in [0.2, 0.25) is 5.02 Å². The van der Waals surface area contributed by atoms with Crippen LogP contribution >= 0.6 is 11.6 Å². The minimum Gasteiger partial charge on any atom is -0.333 e. The summed E-state index contributed by atoms with van der Waals surface area (Å²) < 4.78 is 0. The predicted molar refractivity (Wildman–Crippen MR) is 103 cm³/mol. The van der Waals surface area contributed by atoms with E-state index >= 15 is 0 Å². The van der Waals surface area contributed by atoms with Crippen LogP contribution in [0.4, 0.5) is 16.2 Å². The zero-order valence-electron chi connectivity index (χ0n) is 14.3. The van der Waals surface area contributed by atoms with Gasteiger partial charge in [0, 0.05) is 35.9 Å². The summed E-state index contributed by atoms with van der Waals surface area (Å²) in [6.07, 6.45) is 2.25. The minimum atomic E-state index is -0.195. The number of carbonyl (C=O) groups excluding carboxylic acids is 2. The topological polar surface area (TPSA) is 52.7 Å². The minimum absolute atomic E-state index is 0.0108. The molecule has 3 amide bonds. The highest BCUT2D eigenvalue weighted by Gasteiger charge is 2.33. The summed E-state index contributed by atoms with van der Waals surface area (Å²) in [7, 11) is 0. The van der Waals surface area contributed by atoms with Crippen molar-refractivity contribution in [1.82, 2.24) is 5.32 Å². The number of hydrogen-bond donors (Lipinski definition) is 1. The number of carbonyl (C=O) groups is 2. The van der Waals surface area contributed by atoms with Crippen molar-refractivity contribution in [3.05, 3.63) is 59.1 Å². The van der Waals surface area contributed by atoms with Crippen molar-refractivity contribution in [2.45, 2.75) is 25.3 Å². The van der Waals surface area contributed by atoms with Gasteiger partial charge in [-0.25, -0.2) is 4.79 Å². The van der Waals surface area contributed by atoms with Gasteiger partial charge in [0.15, 0.2) is 0 Å². The second-order valence-corrected chi connectivity index (χ2v) is 7.15. The van der Waals surface area contributed by atoms with Crippen LogP contribution in [-0.4, -0.2) is 31.1 Å². The lowest BCUT2D eigenvalue weighted by Crippen LogP contribution is -2.47. The number of urea groups is 1. The highest BCUT2D eigenvalue weighted by atomic mass is 35.5. The first-order chi connectivity index (χ1) is 12.6. The summed E-state index contributed by atoms with van der Waals surface area (Å²) in [5.74, 6) is 0.0108. The Balaban J connectivity index is 1.45. The molecule has 134 valence electrons. The number of hydrogen-bond acceptors (Lipinski definition) is 2. The molecule has 1 N–H and O–H groups in total. The third-order valence-corrected chi connectivity index (χ3v) is 5.20. The van der Waals surface area contributed by atoms with Crippen LogP contribution in [0.5, 0.6) is 0 Å². The first kappa shape index (κ1) is 16.9. The fourth-order valence-corrected chi connectivity index (χ4v) is 3.80. The maximum Gasteiger partial charge on any atom is 0.322 e. The molecule has 0 aliphatic carbocycles. The molecule has 5 nitrogen and oxygen atoms in total. The Morgan fingerprint density at radius 1 is 1.12 bits per heavy atom. The van der Waals surface area contributed by atoms with E-state index in [0.29, 0.717) is 24.5 Å². The molecule has 4 rings (SSSR count). The number of rotatable bonds is 2. The molecular weight excluding hydrogens is 350 g/mol. The average molecular weight is 370 g/mol. The molecule has 0 bridgehead atoms. The van der Waals surface area contributed by atoms with Gasteiger partial charge in [-0.3, -0.25) is 9.69 Å². The summed E-state index contributed by atoms with van der Waals surface area (Å²) in [5.41, 5.74) is 2.97. The van der Waals surface area contributed by atoms with E-state index < -0.39 is 0 Å². The standard InChI is InChI=1S/C20H20ClN3O2/c21-15-7-9-17(10-8-15)24-13-16(12-19(24)25)22-20(26)23-11-3-5-14-4-1-2-6-18(14)23/h1-2,4,6-10,16H,3,5,11-13H2,(H,22,26). The van der Waals surface area contributed by atoms with Crippen LogP contribution in [-0.2, 0) is 11.2 Å². The van der Waals surface area contributed by atoms with Crippen molar-refractivity contribution in [2.75, 3.05) is 22.9 Å². The molecule has 0 radical (unpaired) electrons. The molecule has 0 saturated carbocycles. The third kappa shape index (κ3) is 3.27. The maximum atomic E-state index is 12.8. The molecule has 0 spiro atoms. The van der Waals surface area contributed by atoms with Crippen LogP contribution in [0.25, 0.3) is 0 Å². The quantitative estimate of drug-likeness (QED) is 0.879. The zero-order chi connectivity index (χ0) is 18.1. The van der Waals surface area contributed by atoms with E-state index in [1.807, 2.05) is 30.3 Å². The van der Waals surface area contributed by atoms with Gasteiger partial charge < -0.3 is 10.2 Å². The first-order valence-corrected chi connectivity index (χ1v) is 9.21. The molecule has 1 unspecified atom stereocenters. The Morgan fingerprint density at radius 2 is 1.88 bits per heavy atom. The van der Waals surface area contributed by atoms with Gasteiger partial charge in [0.2, 0.25) is 5.91 Å². The Kier molecular flexibility index (Phi) is 4.55. The van der Waals surface area contributed by atoms with E-state index in [1.165, 1.54) is 5.56 Å². The summed E-state index contributed by atoms with van der Waals surface area (Å²) in [4.78, 5) is 28.6. The van der Waals surface area contributed by atoms with Gasteiger partial charge in [0.05, 0.1) is 6.04 Å². The van der Waals surface area contributed by atoms with Crippen molar-refractivity contribution in [1.29, 1.82) is 0 Å². The maximum absolute atomic E-state index is 12.8. The molecule has 2 aliphatic heterocycles. The van der Waals surface area contributed by atoms with Crippen molar-refractivity contribution in [3.63, 3.8) is 0 Å². The van der Waals surface area contributed by atoms with E-state index in [9.17, 15) is 9.59 Å². The summed E-state index contributed by atoms with van der Waals surface area (Å²) in [6, 6.07) is 14.8. The summed E-state index contributed by atoms with van der Waals surface area (Å²) in [5, 5.41) is 3.66. The van der Waals surface area contributed by atoms with E-state index in [0.717, 1.165) is 24.2 Å². The molecule has 2 heterocycles. The summed E-state index contributed by atoms with van der Waals surface area (Å²) in [6.45, 7) is 1.17. The molecular formula is C20H20ClN3O2. The number of fused-ring (bicyclic) bond motifs is 1. The van der Waals surface area contributed by atoms with E-state index in [4.69, 9.17) is 11.6 Å². The molecule has 1 atom stereocenters. The number of nitrogens with zero attached hydrogens (tertiary/aromatic N) is 2. The number of para-hydroxylation sites is 1. The van der Waals surface area contributed by atoms with Crippen LogP contribution in [0.1, 0.15) is 18.4 Å². The molecule has 6 heteroatoms.